The molecule has 0 aromatic carbocycles. The van der Waals surface area contributed by atoms with Crippen LogP contribution in [0.4, 0.5) is 0 Å². The predicted octanol–water partition coefficient (Wildman–Crippen LogP) is 6.00. The van der Waals surface area contributed by atoms with Crippen LogP contribution in [-0.2, 0) is 24.0 Å². The molecule has 0 spiro atoms. The van der Waals surface area contributed by atoms with Crippen LogP contribution in [0.3, 0.4) is 0 Å². The van der Waals surface area contributed by atoms with Crippen molar-refractivity contribution in [3.63, 3.8) is 0 Å². The van der Waals surface area contributed by atoms with Crippen molar-refractivity contribution in [3.05, 3.63) is 37.0 Å². The summed E-state index contributed by atoms with van der Waals surface area (Å²) in [5.74, 6) is -0.258. The molecule has 2 aliphatic rings. The van der Waals surface area contributed by atoms with Crippen molar-refractivity contribution in [3.8, 4) is 0 Å². The van der Waals surface area contributed by atoms with Gasteiger partial charge in [-0.2, -0.15) is 0 Å². The minimum atomic E-state index is -0.258. The Hall–Kier alpha value is -1.43. The molecule has 4 atom stereocenters. The summed E-state index contributed by atoms with van der Waals surface area (Å²) in [6.45, 7) is 3.72. The Kier molecular flexibility index (Phi) is 12.7. The normalized spacial score (nSPS) is 27.1. The second-order valence-corrected chi connectivity index (χ2v) is 8.30. The molecule has 0 amide bonds. The summed E-state index contributed by atoms with van der Waals surface area (Å²) in [4.78, 5) is 22.3. The van der Waals surface area contributed by atoms with E-state index in [2.05, 4.69) is 35.6 Å². The number of hydrogen-bond donors (Lipinski definition) is 0. The Balaban J connectivity index is 1.46. The molecule has 2 fully saturated rings. The van der Waals surface area contributed by atoms with Crippen molar-refractivity contribution < 1.29 is 24.0 Å². The summed E-state index contributed by atoms with van der Waals surface area (Å²) < 4.78 is 10.9. The van der Waals surface area contributed by atoms with Gasteiger partial charge in [-0.3, -0.25) is 4.79 Å². The number of hydrogen-bond acceptors (Lipinski definition) is 5. The van der Waals surface area contributed by atoms with E-state index in [0.29, 0.717) is 6.10 Å². The number of rotatable bonds is 14. The highest BCUT2D eigenvalue weighted by molar-refractivity contribution is 5.69. The molecule has 5 nitrogen and oxygen atoms in total. The van der Waals surface area contributed by atoms with E-state index >= 15 is 0 Å². The van der Waals surface area contributed by atoms with E-state index in [0.717, 1.165) is 51.4 Å². The highest BCUT2D eigenvalue weighted by atomic mass is 17.2. The lowest BCUT2D eigenvalue weighted by atomic mass is 10.0. The van der Waals surface area contributed by atoms with Crippen molar-refractivity contribution in [1.29, 1.82) is 0 Å². The molecule has 170 valence electrons. The molecule has 0 N–H and O–H groups in total. The second-order valence-electron chi connectivity index (χ2n) is 8.30. The smallest absolute Gasteiger partial charge is 0.308 e. The van der Waals surface area contributed by atoms with Gasteiger partial charge in [0.05, 0.1) is 25.7 Å². The van der Waals surface area contributed by atoms with Crippen molar-refractivity contribution >= 4 is 5.97 Å². The predicted molar refractivity (Wildman–Crippen MR) is 119 cm³/mol. The van der Waals surface area contributed by atoms with Gasteiger partial charge in [0, 0.05) is 0 Å². The number of unbranched alkanes of at least 4 members (excludes halogenated alkanes) is 5. The molecule has 2 unspecified atom stereocenters. The number of esters is 1. The highest BCUT2D eigenvalue weighted by Crippen LogP contribution is 2.32. The van der Waals surface area contributed by atoms with E-state index in [4.69, 9.17) is 14.5 Å². The topological polar surface area (TPSA) is 54.0 Å². The average Bonchev–Trinajstić information content (AvgIpc) is 3.24. The largest absolute Gasteiger partial charge is 0.469 e. The van der Waals surface area contributed by atoms with Crippen LogP contribution >= 0.6 is 0 Å². The van der Waals surface area contributed by atoms with Crippen LogP contribution < -0.4 is 0 Å². The highest BCUT2D eigenvalue weighted by Gasteiger charge is 2.36. The first-order chi connectivity index (χ1) is 14.7. The van der Waals surface area contributed by atoms with Crippen LogP contribution in [0.5, 0.6) is 0 Å². The molecule has 2 saturated heterocycles. The van der Waals surface area contributed by atoms with E-state index in [1.54, 1.807) is 0 Å². The van der Waals surface area contributed by atoms with Gasteiger partial charge in [0.15, 0.2) is 0 Å². The molecule has 0 aromatic rings. The maximum atomic E-state index is 11.3. The van der Waals surface area contributed by atoms with E-state index in [-0.39, 0.29) is 30.7 Å². The molecule has 0 radical (unpaired) electrons. The molecule has 5 heteroatoms. The third-order valence-corrected chi connectivity index (χ3v) is 5.83. The van der Waals surface area contributed by atoms with Crippen LogP contribution in [0.2, 0.25) is 0 Å². The third-order valence-electron chi connectivity index (χ3n) is 5.83. The fourth-order valence-electron chi connectivity index (χ4n) is 4.02. The summed E-state index contributed by atoms with van der Waals surface area (Å²) in [6.07, 6.45) is 24.5. The van der Waals surface area contributed by atoms with Crippen LogP contribution in [0.15, 0.2) is 37.0 Å². The molecule has 0 aliphatic carbocycles. The van der Waals surface area contributed by atoms with Gasteiger partial charge in [0.1, 0.15) is 12.2 Å². The zero-order valence-electron chi connectivity index (χ0n) is 18.6. The molecule has 0 saturated carbocycles. The van der Waals surface area contributed by atoms with E-state index in [1.807, 2.05) is 6.08 Å². The standard InChI is InChI=1S/C25H40O5/c1-3-4-5-6-7-8-9-10-11-12-13-14-15-21-16-18-23(28-21)24-19-17-22(29-30-24)20-25(26)27-2/h3,6-9,21-24H,1,4-5,10-20H2,2H3/b7-6-,9-8-/t21?,22-,23-,24?/m0/s1. The SMILES string of the molecule is C=CCC/C=C\C=C/CCCCCCC1CC[C@@H](C2CC[C@@H](CC(=O)OC)OO2)O1. The Morgan fingerprint density at radius 2 is 1.63 bits per heavy atom. The quantitative estimate of drug-likeness (QED) is 0.113. The fraction of sp³-hybridized carbons (Fsp3) is 0.720. The van der Waals surface area contributed by atoms with Crippen molar-refractivity contribution in [2.24, 2.45) is 0 Å². The van der Waals surface area contributed by atoms with Gasteiger partial charge in [0.2, 0.25) is 0 Å². The first-order valence-corrected chi connectivity index (χ1v) is 11.7. The number of carbonyl (C=O) groups excluding carboxylic acids is 1. The van der Waals surface area contributed by atoms with Gasteiger partial charge in [-0.25, -0.2) is 9.78 Å². The van der Waals surface area contributed by atoms with Crippen LogP contribution in [0, 0.1) is 0 Å². The average molecular weight is 421 g/mol. The summed E-state index contributed by atoms with van der Waals surface area (Å²) in [5.41, 5.74) is 0. The van der Waals surface area contributed by atoms with Crippen molar-refractivity contribution in [2.75, 3.05) is 7.11 Å². The molecule has 30 heavy (non-hydrogen) atoms. The van der Waals surface area contributed by atoms with Gasteiger partial charge in [0.25, 0.3) is 0 Å². The zero-order valence-corrected chi connectivity index (χ0v) is 18.6. The minimum Gasteiger partial charge on any atom is -0.469 e. The fourth-order valence-corrected chi connectivity index (χ4v) is 4.02. The Bertz CT molecular complexity index is 534. The lowest BCUT2D eigenvalue weighted by Gasteiger charge is -2.30. The summed E-state index contributed by atoms with van der Waals surface area (Å²) >= 11 is 0. The summed E-state index contributed by atoms with van der Waals surface area (Å²) in [5, 5.41) is 0. The summed E-state index contributed by atoms with van der Waals surface area (Å²) in [7, 11) is 1.39. The zero-order chi connectivity index (χ0) is 21.4. The first-order valence-electron chi connectivity index (χ1n) is 11.7. The maximum absolute atomic E-state index is 11.3. The summed E-state index contributed by atoms with van der Waals surface area (Å²) in [6, 6.07) is 0. The van der Waals surface area contributed by atoms with Gasteiger partial charge in [-0.05, 0) is 57.8 Å². The Morgan fingerprint density at radius 1 is 0.900 bits per heavy atom. The van der Waals surface area contributed by atoms with Crippen LogP contribution in [0.25, 0.3) is 0 Å². The lowest BCUT2D eigenvalue weighted by molar-refractivity contribution is -0.385. The molecular formula is C25H40O5. The van der Waals surface area contributed by atoms with Gasteiger partial charge in [-0.15, -0.1) is 6.58 Å². The molecule has 2 aliphatic heterocycles. The number of carbonyl (C=O) groups is 1. The monoisotopic (exact) mass is 420 g/mol. The molecule has 0 aromatic heterocycles. The maximum Gasteiger partial charge on any atom is 0.308 e. The molecule has 0 bridgehead atoms. The van der Waals surface area contributed by atoms with E-state index in [1.165, 1.54) is 32.8 Å². The van der Waals surface area contributed by atoms with Crippen molar-refractivity contribution in [2.45, 2.75) is 108 Å². The number of allylic oxidation sites excluding steroid dienone is 5. The van der Waals surface area contributed by atoms with Gasteiger partial charge < -0.3 is 9.47 Å². The van der Waals surface area contributed by atoms with Crippen LogP contribution in [-0.4, -0.2) is 37.5 Å². The van der Waals surface area contributed by atoms with Gasteiger partial charge >= 0.3 is 5.97 Å². The van der Waals surface area contributed by atoms with Crippen LogP contribution in [0.1, 0.15) is 83.5 Å². The third kappa shape index (κ3) is 10.1. The molecule has 2 heterocycles. The molecule has 2 rings (SSSR count). The van der Waals surface area contributed by atoms with E-state index < -0.39 is 0 Å². The van der Waals surface area contributed by atoms with Crippen molar-refractivity contribution in [1.82, 2.24) is 0 Å². The van der Waals surface area contributed by atoms with E-state index in [9.17, 15) is 4.79 Å². The number of ether oxygens (including phenoxy) is 2. The Morgan fingerprint density at radius 3 is 2.37 bits per heavy atom. The minimum absolute atomic E-state index is 0.0125. The Labute approximate surface area is 182 Å². The lowest BCUT2D eigenvalue weighted by Crippen LogP contribution is -2.37. The first kappa shape index (κ1) is 24.8. The number of methoxy groups -OCH3 is 1. The second kappa shape index (κ2) is 15.4. The van der Waals surface area contributed by atoms with Gasteiger partial charge in [-0.1, -0.05) is 49.6 Å². The molecular weight excluding hydrogens is 380 g/mol.